The van der Waals surface area contributed by atoms with Crippen LogP contribution in [0.1, 0.15) is 35.3 Å². The molecule has 5 nitrogen and oxygen atoms in total. The fourth-order valence-electron chi connectivity index (χ4n) is 2.06. The van der Waals surface area contributed by atoms with Crippen molar-refractivity contribution in [1.82, 2.24) is 5.32 Å². The summed E-state index contributed by atoms with van der Waals surface area (Å²) in [6, 6.07) is 16.1. The molecule has 0 aliphatic rings. The van der Waals surface area contributed by atoms with Crippen molar-refractivity contribution in [1.29, 1.82) is 5.26 Å². The normalized spacial score (nSPS) is 10.8. The predicted octanol–water partition coefficient (Wildman–Crippen LogP) is 2.64. The minimum absolute atomic E-state index is 0.153. The second-order valence-electron chi connectivity index (χ2n) is 6.08. The van der Waals surface area contributed by atoms with E-state index in [1.54, 1.807) is 50.2 Å². The van der Waals surface area contributed by atoms with Gasteiger partial charge in [0, 0.05) is 11.1 Å². The fraction of sp³-hybridized carbons (Fsp3) is 0.263. The minimum atomic E-state index is -0.695. The monoisotopic (exact) mass is 324 g/mol. The van der Waals surface area contributed by atoms with Crippen LogP contribution >= 0.6 is 0 Å². The molecule has 0 unspecified atom stereocenters. The highest BCUT2D eigenvalue weighted by Gasteiger charge is 2.20. The molecule has 0 aliphatic carbocycles. The van der Waals surface area contributed by atoms with E-state index in [2.05, 4.69) is 11.4 Å². The largest absolute Gasteiger partial charge is 0.489 e. The van der Waals surface area contributed by atoms with Gasteiger partial charge >= 0.3 is 0 Å². The quantitative estimate of drug-likeness (QED) is 0.856. The number of amides is 1. The maximum Gasteiger partial charge on any atom is 0.251 e. The van der Waals surface area contributed by atoms with Crippen molar-refractivity contribution in [3.8, 4) is 11.8 Å². The summed E-state index contributed by atoms with van der Waals surface area (Å²) in [5, 5.41) is 21.1. The molecule has 1 amide bonds. The van der Waals surface area contributed by atoms with Gasteiger partial charge in [0.15, 0.2) is 0 Å². The standard InChI is InChI=1S/C19H20N2O3/c1-19(2,13-22)21-18(23)14-8-5-9-17(10-14)24-12-16-7-4-3-6-15(16)11-20/h3-10,22H,12-13H2,1-2H3,(H,21,23). The maximum absolute atomic E-state index is 12.2. The molecule has 2 rings (SSSR count). The molecule has 0 aromatic heterocycles. The van der Waals surface area contributed by atoms with E-state index in [1.807, 2.05) is 12.1 Å². The number of nitrogens with zero attached hydrogens (tertiary/aromatic N) is 1. The lowest BCUT2D eigenvalue weighted by Crippen LogP contribution is -2.46. The van der Waals surface area contributed by atoms with E-state index in [1.165, 1.54) is 0 Å². The van der Waals surface area contributed by atoms with Crippen LogP contribution in [-0.2, 0) is 6.61 Å². The first-order valence-corrected chi connectivity index (χ1v) is 7.59. The minimum Gasteiger partial charge on any atom is -0.489 e. The second-order valence-corrected chi connectivity index (χ2v) is 6.08. The molecule has 2 aromatic carbocycles. The van der Waals surface area contributed by atoms with Crippen LogP contribution in [0.5, 0.6) is 5.75 Å². The first-order valence-electron chi connectivity index (χ1n) is 7.59. The number of hydrogen-bond donors (Lipinski definition) is 2. The van der Waals surface area contributed by atoms with E-state index in [0.717, 1.165) is 5.56 Å². The van der Waals surface area contributed by atoms with Gasteiger partial charge < -0.3 is 15.2 Å². The Morgan fingerprint density at radius 2 is 2.00 bits per heavy atom. The van der Waals surface area contributed by atoms with Crippen LogP contribution in [-0.4, -0.2) is 23.2 Å². The molecule has 2 N–H and O–H groups in total. The number of aliphatic hydroxyl groups is 1. The summed E-state index contributed by atoms with van der Waals surface area (Å²) in [5.41, 5.74) is 1.11. The highest BCUT2D eigenvalue weighted by atomic mass is 16.5. The molecule has 124 valence electrons. The predicted molar refractivity (Wildman–Crippen MR) is 90.6 cm³/mol. The molecule has 0 aliphatic heterocycles. The van der Waals surface area contributed by atoms with Crippen molar-refractivity contribution < 1.29 is 14.6 Å². The molecule has 0 radical (unpaired) electrons. The Morgan fingerprint density at radius 1 is 1.25 bits per heavy atom. The van der Waals surface area contributed by atoms with Gasteiger partial charge in [-0.05, 0) is 38.1 Å². The van der Waals surface area contributed by atoms with Crippen LogP contribution in [0, 0.1) is 11.3 Å². The summed E-state index contributed by atoms with van der Waals surface area (Å²) in [7, 11) is 0. The van der Waals surface area contributed by atoms with Gasteiger partial charge in [0.1, 0.15) is 12.4 Å². The number of carbonyl (C=O) groups is 1. The van der Waals surface area contributed by atoms with E-state index in [4.69, 9.17) is 10.00 Å². The zero-order valence-electron chi connectivity index (χ0n) is 13.7. The van der Waals surface area contributed by atoms with Gasteiger partial charge in [-0.2, -0.15) is 5.26 Å². The average Bonchev–Trinajstić information content (AvgIpc) is 2.60. The van der Waals surface area contributed by atoms with Crippen LogP contribution in [0.4, 0.5) is 0 Å². The van der Waals surface area contributed by atoms with Crippen molar-refractivity contribution >= 4 is 5.91 Å². The second kappa shape index (κ2) is 7.62. The van der Waals surface area contributed by atoms with Gasteiger partial charge in [0.2, 0.25) is 0 Å². The Hall–Kier alpha value is -2.84. The molecule has 5 heteroatoms. The number of nitrogens with one attached hydrogen (secondary N) is 1. The number of hydrogen-bond acceptors (Lipinski definition) is 4. The summed E-state index contributed by atoms with van der Waals surface area (Å²) in [6.45, 7) is 3.57. The molecule has 24 heavy (non-hydrogen) atoms. The fourth-order valence-corrected chi connectivity index (χ4v) is 2.06. The molecule has 0 saturated carbocycles. The van der Waals surface area contributed by atoms with E-state index in [9.17, 15) is 9.90 Å². The summed E-state index contributed by atoms with van der Waals surface area (Å²) in [6.07, 6.45) is 0. The van der Waals surface area contributed by atoms with Crippen molar-refractivity contribution in [3.05, 3.63) is 65.2 Å². The first-order chi connectivity index (χ1) is 11.4. The third-order valence-corrected chi connectivity index (χ3v) is 3.48. The van der Waals surface area contributed by atoms with Crippen LogP contribution < -0.4 is 10.1 Å². The van der Waals surface area contributed by atoms with Gasteiger partial charge in [-0.3, -0.25) is 4.79 Å². The van der Waals surface area contributed by atoms with Gasteiger partial charge in [0.25, 0.3) is 5.91 Å². The Kier molecular flexibility index (Phi) is 5.56. The lowest BCUT2D eigenvalue weighted by molar-refractivity contribution is 0.0869. The molecule has 0 heterocycles. The third-order valence-electron chi connectivity index (χ3n) is 3.48. The van der Waals surface area contributed by atoms with Gasteiger partial charge in [0.05, 0.1) is 23.8 Å². The van der Waals surface area contributed by atoms with E-state index < -0.39 is 5.54 Å². The maximum atomic E-state index is 12.2. The van der Waals surface area contributed by atoms with E-state index in [-0.39, 0.29) is 19.1 Å². The third kappa shape index (κ3) is 4.58. The lowest BCUT2D eigenvalue weighted by Gasteiger charge is -2.23. The Labute approximate surface area is 141 Å². The van der Waals surface area contributed by atoms with Gasteiger partial charge in [-0.15, -0.1) is 0 Å². The highest BCUT2D eigenvalue weighted by molar-refractivity contribution is 5.95. The van der Waals surface area contributed by atoms with Crippen molar-refractivity contribution in [2.75, 3.05) is 6.61 Å². The molecule has 0 bridgehead atoms. The molecular weight excluding hydrogens is 304 g/mol. The lowest BCUT2D eigenvalue weighted by atomic mass is 10.1. The molecule has 2 aromatic rings. The smallest absolute Gasteiger partial charge is 0.251 e. The van der Waals surface area contributed by atoms with E-state index >= 15 is 0 Å². The van der Waals surface area contributed by atoms with Crippen molar-refractivity contribution in [2.24, 2.45) is 0 Å². The van der Waals surface area contributed by atoms with Crippen LogP contribution in [0.3, 0.4) is 0 Å². The topological polar surface area (TPSA) is 82.3 Å². The summed E-state index contributed by atoms with van der Waals surface area (Å²) in [5.74, 6) is 0.258. The molecular formula is C19H20N2O3. The first kappa shape index (κ1) is 17.5. The van der Waals surface area contributed by atoms with Crippen molar-refractivity contribution in [3.63, 3.8) is 0 Å². The molecule has 0 fully saturated rings. The molecule has 0 atom stereocenters. The Balaban J connectivity index is 2.08. The van der Waals surface area contributed by atoms with Gasteiger partial charge in [-0.1, -0.05) is 24.3 Å². The summed E-state index contributed by atoms with van der Waals surface area (Å²) >= 11 is 0. The van der Waals surface area contributed by atoms with Gasteiger partial charge in [-0.25, -0.2) is 0 Å². The Morgan fingerprint density at radius 3 is 2.71 bits per heavy atom. The zero-order chi connectivity index (χ0) is 17.6. The Bertz CT molecular complexity index is 763. The highest BCUT2D eigenvalue weighted by Crippen LogP contribution is 2.17. The van der Waals surface area contributed by atoms with Crippen LogP contribution in [0.15, 0.2) is 48.5 Å². The summed E-state index contributed by atoms with van der Waals surface area (Å²) < 4.78 is 5.70. The SMILES string of the molecule is CC(C)(CO)NC(=O)c1cccc(OCc2ccccc2C#N)c1. The number of ether oxygens (including phenoxy) is 1. The van der Waals surface area contributed by atoms with Crippen molar-refractivity contribution in [2.45, 2.75) is 26.0 Å². The molecule has 0 spiro atoms. The average molecular weight is 324 g/mol. The summed E-state index contributed by atoms with van der Waals surface area (Å²) in [4.78, 5) is 12.2. The van der Waals surface area contributed by atoms with Crippen LogP contribution in [0.25, 0.3) is 0 Å². The number of rotatable bonds is 6. The number of aliphatic hydroxyl groups excluding tert-OH is 1. The number of benzene rings is 2. The zero-order valence-corrected chi connectivity index (χ0v) is 13.7. The number of carbonyl (C=O) groups excluding carboxylic acids is 1. The number of nitriles is 1. The molecule has 0 saturated heterocycles. The van der Waals surface area contributed by atoms with Crippen LogP contribution in [0.2, 0.25) is 0 Å². The van der Waals surface area contributed by atoms with E-state index in [0.29, 0.717) is 16.9 Å².